The molecule has 3 aromatic rings. The summed E-state index contributed by atoms with van der Waals surface area (Å²) in [6, 6.07) is 7.65. The molecule has 0 saturated carbocycles. The van der Waals surface area contributed by atoms with Gasteiger partial charge in [-0.2, -0.15) is 0 Å². The maximum Gasteiger partial charge on any atom is 0.438 e. The summed E-state index contributed by atoms with van der Waals surface area (Å²) in [6.45, 7) is 0. The molecule has 3 rings (SSSR count). The predicted molar refractivity (Wildman–Crippen MR) is 72.4 cm³/mol. The highest BCUT2D eigenvalue weighted by Crippen LogP contribution is 2.33. The third-order valence-electron chi connectivity index (χ3n) is 2.65. The number of anilines is 1. The molecule has 0 aliphatic carbocycles. The zero-order valence-corrected chi connectivity index (χ0v) is 10.7. The van der Waals surface area contributed by atoms with Crippen LogP contribution in [0.3, 0.4) is 0 Å². The largest absolute Gasteiger partial charge is 0.463 e. The lowest BCUT2D eigenvalue weighted by Crippen LogP contribution is -2.27. The van der Waals surface area contributed by atoms with Crippen LogP contribution in [-0.4, -0.2) is 28.3 Å². The fraction of sp³-hybridized carbons (Fsp3) is 0.0833. The topological polar surface area (TPSA) is 75.5 Å². The van der Waals surface area contributed by atoms with Gasteiger partial charge in [0.1, 0.15) is 5.52 Å². The van der Waals surface area contributed by atoms with Crippen LogP contribution in [0.25, 0.3) is 21.1 Å². The average molecular weight is 275 g/mol. The van der Waals surface area contributed by atoms with Gasteiger partial charge in [0.15, 0.2) is 0 Å². The van der Waals surface area contributed by atoms with Crippen LogP contribution in [-0.2, 0) is 4.84 Å². The van der Waals surface area contributed by atoms with Gasteiger partial charge in [-0.05, 0) is 6.07 Å². The summed E-state index contributed by atoms with van der Waals surface area (Å²) in [5.41, 5.74) is 1.51. The van der Waals surface area contributed by atoms with Gasteiger partial charge < -0.3 is 5.11 Å². The van der Waals surface area contributed by atoms with Crippen molar-refractivity contribution >= 4 is 43.7 Å². The highest BCUT2D eigenvalue weighted by Gasteiger charge is 2.19. The fourth-order valence-corrected chi connectivity index (χ4v) is 2.88. The summed E-state index contributed by atoms with van der Waals surface area (Å²) >= 11 is 1.26. The van der Waals surface area contributed by atoms with E-state index in [0.717, 1.165) is 20.7 Å². The van der Waals surface area contributed by atoms with Crippen molar-refractivity contribution in [3.8, 4) is 0 Å². The van der Waals surface area contributed by atoms with Crippen molar-refractivity contribution in [2.75, 3.05) is 12.2 Å². The van der Waals surface area contributed by atoms with E-state index in [-0.39, 0.29) is 5.13 Å². The molecule has 0 unspecified atom stereocenters. The maximum atomic E-state index is 11.0. The molecule has 1 N–H and O–H groups in total. The minimum Gasteiger partial charge on any atom is -0.463 e. The standard InChI is InChI=1S/C12H9N3O3S/c1-18-15(12(16)17)11-14-9-6-13-8-5-3-2-4-7(8)10(9)19-11/h2-6H,1H3,(H,16,17). The number of carboxylic acid groups (broad SMARTS) is 1. The smallest absolute Gasteiger partial charge is 0.438 e. The predicted octanol–water partition coefficient (Wildman–Crippen LogP) is 2.89. The molecule has 6 nitrogen and oxygen atoms in total. The highest BCUT2D eigenvalue weighted by molar-refractivity contribution is 7.23. The second-order valence-corrected chi connectivity index (χ2v) is 4.72. The second kappa shape index (κ2) is 4.45. The van der Waals surface area contributed by atoms with E-state index >= 15 is 0 Å². The number of pyridine rings is 1. The first-order chi connectivity index (χ1) is 9.20. The third kappa shape index (κ3) is 1.88. The summed E-state index contributed by atoms with van der Waals surface area (Å²) in [5.74, 6) is 0. The van der Waals surface area contributed by atoms with Crippen molar-refractivity contribution in [2.24, 2.45) is 0 Å². The van der Waals surface area contributed by atoms with Crippen LogP contribution in [0.4, 0.5) is 9.93 Å². The molecular formula is C12H9N3O3S. The number of nitrogens with zero attached hydrogens (tertiary/aromatic N) is 3. The number of para-hydroxylation sites is 1. The van der Waals surface area contributed by atoms with Crippen LogP contribution in [0.15, 0.2) is 30.5 Å². The summed E-state index contributed by atoms with van der Waals surface area (Å²) < 4.78 is 0.893. The maximum absolute atomic E-state index is 11.0. The summed E-state index contributed by atoms with van der Waals surface area (Å²) in [7, 11) is 1.29. The van der Waals surface area contributed by atoms with Crippen LogP contribution in [0.1, 0.15) is 0 Å². The van der Waals surface area contributed by atoms with Crippen molar-refractivity contribution in [1.82, 2.24) is 9.97 Å². The van der Waals surface area contributed by atoms with Crippen molar-refractivity contribution in [3.05, 3.63) is 30.5 Å². The molecule has 96 valence electrons. The molecule has 1 aromatic carbocycles. The van der Waals surface area contributed by atoms with Gasteiger partial charge in [0.2, 0.25) is 5.13 Å². The van der Waals surface area contributed by atoms with E-state index < -0.39 is 6.09 Å². The van der Waals surface area contributed by atoms with E-state index in [1.165, 1.54) is 18.4 Å². The van der Waals surface area contributed by atoms with Crippen LogP contribution >= 0.6 is 11.3 Å². The minimum atomic E-state index is -1.21. The Morgan fingerprint density at radius 2 is 2.16 bits per heavy atom. The van der Waals surface area contributed by atoms with Gasteiger partial charge in [-0.1, -0.05) is 29.5 Å². The van der Waals surface area contributed by atoms with Crippen molar-refractivity contribution < 1.29 is 14.7 Å². The molecule has 0 bridgehead atoms. The Labute approximate surface area is 111 Å². The Morgan fingerprint density at radius 1 is 1.37 bits per heavy atom. The summed E-state index contributed by atoms with van der Waals surface area (Å²) in [5, 5.41) is 11.0. The van der Waals surface area contributed by atoms with Crippen LogP contribution < -0.4 is 5.06 Å². The molecule has 7 heteroatoms. The number of rotatable bonds is 2. The first-order valence-electron chi connectivity index (χ1n) is 5.42. The normalized spacial score (nSPS) is 11.0. The van der Waals surface area contributed by atoms with Gasteiger partial charge in [-0.25, -0.2) is 9.78 Å². The average Bonchev–Trinajstić information content (AvgIpc) is 2.83. The zero-order valence-electron chi connectivity index (χ0n) is 9.90. The third-order valence-corrected chi connectivity index (χ3v) is 3.72. The van der Waals surface area contributed by atoms with Gasteiger partial charge in [0, 0.05) is 5.39 Å². The molecule has 0 aliphatic heterocycles. The zero-order chi connectivity index (χ0) is 13.4. The van der Waals surface area contributed by atoms with Gasteiger partial charge in [0.05, 0.1) is 23.5 Å². The first-order valence-corrected chi connectivity index (χ1v) is 6.24. The Morgan fingerprint density at radius 3 is 2.89 bits per heavy atom. The second-order valence-electron chi connectivity index (χ2n) is 3.75. The Hall–Kier alpha value is -2.25. The van der Waals surface area contributed by atoms with Crippen molar-refractivity contribution in [2.45, 2.75) is 0 Å². The lowest BCUT2D eigenvalue weighted by molar-refractivity contribution is 0.130. The SMILES string of the molecule is CON(C(=O)O)c1nc2cnc3ccccc3c2s1. The number of hydroxylamine groups is 1. The first kappa shape index (κ1) is 11.8. The molecule has 2 aromatic heterocycles. The molecule has 19 heavy (non-hydrogen) atoms. The van der Waals surface area contributed by atoms with Gasteiger partial charge >= 0.3 is 6.09 Å². The molecule has 0 fully saturated rings. The molecular weight excluding hydrogens is 266 g/mol. The van der Waals surface area contributed by atoms with Crippen LogP contribution in [0.5, 0.6) is 0 Å². The molecule has 0 aliphatic rings. The number of hydrogen-bond donors (Lipinski definition) is 1. The lowest BCUT2D eigenvalue weighted by atomic mass is 10.2. The van der Waals surface area contributed by atoms with Gasteiger partial charge in [-0.15, -0.1) is 5.06 Å². The summed E-state index contributed by atoms with van der Waals surface area (Å²) in [6.07, 6.45) is 0.423. The van der Waals surface area contributed by atoms with Crippen LogP contribution in [0.2, 0.25) is 0 Å². The van der Waals surface area contributed by atoms with E-state index in [9.17, 15) is 4.79 Å². The van der Waals surface area contributed by atoms with Crippen LogP contribution in [0, 0.1) is 0 Å². The fourth-order valence-electron chi connectivity index (χ4n) is 1.83. The molecule has 1 amide bonds. The quantitative estimate of drug-likeness (QED) is 0.728. The molecule has 0 radical (unpaired) electrons. The van der Waals surface area contributed by atoms with Crippen molar-refractivity contribution in [1.29, 1.82) is 0 Å². The van der Waals surface area contributed by atoms with E-state index in [1.807, 2.05) is 24.3 Å². The van der Waals surface area contributed by atoms with Gasteiger partial charge in [0.25, 0.3) is 0 Å². The van der Waals surface area contributed by atoms with E-state index in [2.05, 4.69) is 9.97 Å². The van der Waals surface area contributed by atoms with Crippen molar-refractivity contribution in [3.63, 3.8) is 0 Å². The number of fused-ring (bicyclic) bond motifs is 3. The molecule has 0 saturated heterocycles. The number of aromatic nitrogens is 2. The van der Waals surface area contributed by atoms with E-state index in [1.54, 1.807) is 6.20 Å². The number of hydrogen-bond acceptors (Lipinski definition) is 5. The monoisotopic (exact) mass is 275 g/mol. The van der Waals surface area contributed by atoms with E-state index in [4.69, 9.17) is 9.94 Å². The number of thiazole rings is 1. The molecule has 0 atom stereocenters. The molecule has 2 heterocycles. The Balaban J connectivity index is 2.25. The van der Waals surface area contributed by atoms with E-state index in [0.29, 0.717) is 5.52 Å². The minimum absolute atomic E-state index is 0.267. The molecule has 0 spiro atoms. The number of amides is 1. The van der Waals surface area contributed by atoms with Gasteiger partial charge in [-0.3, -0.25) is 9.82 Å². The Bertz CT molecular complexity index is 771. The highest BCUT2D eigenvalue weighted by atomic mass is 32.1. The lowest BCUT2D eigenvalue weighted by Gasteiger charge is -2.10. The summed E-state index contributed by atoms with van der Waals surface area (Å²) in [4.78, 5) is 24.3. The number of benzene rings is 1. The number of carbonyl (C=O) groups is 1. The Kier molecular flexibility index (Phi) is 2.77.